The van der Waals surface area contributed by atoms with Gasteiger partial charge in [0.15, 0.2) is 8.80 Å². The molecule has 53 heavy (non-hydrogen) atoms. The Labute approximate surface area is 353 Å². The molecule has 5 heteroatoms. The summed E-state index contributed by atoms with van der Waals surface area (Å²) in [5.74, 6) is 0.560. The van der Waals surface area contributed by atoms with Gasteiger partial charge in [-0.05, 0) is 69.7 Å². The second-order valence-electron chi connectivity index (χ2n) is 13.4. The van der Waals surface area contributed by atoms with Crippen molar-refractivity contribution in [2.24, 2.45) is 5.92 Å². The van der Waals surface area contributed by atoms with Crippen molar-refractivity contribution in [2.75, 3.05) is 0 Å². The molecule has 0 nitrogen and oxygen atoms in total. The van der Waals surface area contributed by atoms with E-state index in [1.165, 1.54) is 82.4 Å². The summed E-state index contributed by atoms with van der Waals surface area (Å²) in [6, 6.07) is 53.8. The van der Waals surface area contributed by atoms with Gasteiger partial charge in [0.25, 0.3) is 0 Å². The van der Waals surface area contributed by atoms with Gasteiger partial charge >= 0.3 is 21.7 Å². The van der Waals surface area contributed by atoms with Crippen LogP contribution < -0.4 is 52.8 Å². The van der Waals surface area contributed by atoms with Gasteiger partial charge in [0.05, 0.1) is 0 Å². The van der Waals surface area contributed by atoms with Crippen molar-refractivity contribution in [3.05, 3.63) is 185 Å². The van der Waals surface area contributed by atoms with Crippen LogP contribution in [0.2, 0.25) is 0 Å². The molecule has 1 unspecified atom stereocenters. The van der Waals surface area contributed by atoms with E-state index in [0.29, 0.717) is 5.92 Å². The Hall–Kier alpha value is -3.40. The van der Waals surface area contributed by atoms with Crippen molar-refractivity contribution < 1.29 is 58.9 Å². The third-order valence-corrected chi connectivity index (χ3v) is 12.7. The quantitative estimate of drug-likeness (QED) is 0.137. The minimum atomic E-state index is -1.47. The summed E-state index contributed by atoms with van der Waals surface area (Å²) in [6.07, 6.45) is 3.36. The Morgan fingerprint density at radius 2 is 0.736 bits per heavy atom. The van der Waals surface area contributed by atoms with Gasteiger partial charge < -0.3 is 37.2 Å². The van der Waals surface area contributed by atoms with Gasteiger partial charge in [0.2, 0.25) is 0 Å². The van der Waals surface area contributed by atoms with Crippen LogP contribution in [0.15, 0.2) is 162 Å². The summed E-state index contributed by atoms with van der Waals surface area (Å²) in [6.45, 7) is 15.3. The molecule has 1 aliphatic carbocycles. The van der Waals surface area contributed by atoms with Gasteiger partial charge in [-0.15, -0.1) is 6.92 Å². The maximum Gasteiger partial charge on any atom is 4.00 e. The molecule has 0 bridgehead atoms. The summed E-state index contributed by atoms with van der Waals surface area (Å²) in [5.41, 5.74) is 15.9. The Bertz CT molecular complexity index is 1930. The number of halogens is 3. The zero-order valence-electron chi connectivity index (χ0n) is 31.6. The van der Waals surface area contributed by atoms with Gasteiger partial charge in [-0.2, -0.15) is 11.1 Å². The summed E-state index contributed by atoms with van der Waals surface area (Å²) in [5, 5.41) is 4.30. The normalized spacial score (nSPS) is 13.0. The Morgan fingerprint density at radius 1 is 0.434 bits per heavy atom. The summed E-state index contributed by atoms with van der Waals surface area (Å²) < 4.78 is 0. The molecule has 0 N–H and O–H groups in total. The van der Waals surface area contributed by atoms with Crippen LogP contribution in [0.4, 0.5) is 0 Å². The number of allylic oxidation sites excluding steroid dienone is 4. The van der Waals surface area contributed by atoms with E-state index in [1.807, 2.05) is 0 Å². The first kappa shape index (κ1) is 45.8. The predicted octanol–water partition coefficient (Wildman–Crippen LogP) is 1.86. The summed E-state index contributed by atoms with van der Waals surface area (Å²) in [4.78, 5) is 0. The number of hydrogen-bond acceptors (Lipinski definition) is 0. The van der Waals surface area contributed by atoms with Crippen LogP contribution in [0.1, 0.15) is 44.4 Å². The second kappa shape index (κ2) is 20.9. The van der Waals surface area contributed by atoms with E-state index in [2.05, 4.69) is 200 Å². The fraction of sp³-hybridized carbons (Fsp3) is 0.167. The average molecular weight is 805 g/mol. The van der Waals surface area contributed by atoms with Gasteiger partial charge in [-0.25, -0.2) is 5.57 Å². The molecule has 0 heterocycles. The molecule has 0 saturated heterocycles. The van der Waals surface area contributed by atoms with Crippen LogP contribution >= 0.6 is 0 Å². The minimum absolute atomic E-state index is 0. The molecule has 7 rings (SSSR count). The first-order valence-corrected chi connectivity index (χ1v) is 18.9. The van der Waals surface area contributed by atoms with Crippen LogP contribution in [0.5, 0.6) is 0 Å². The van der Waals surface area contributed by atoms with Gasteiger partial charge in [0.1, 0.15) is 0 Å². The predicted molar refractivity (Wildman–Crippen MR) is 214 cm³/mol. The molecule has 1 aliphatic rings. The number of hydrogen-bond donors (Lipinski definition) is 0. The van der Waals surface area contributed by atoms with E-state index >= 15 is 0 Å². The zero-order valence-corrected chi connectivity index (χ0v) is 36.4. The van der Waals surface area contributed by atoms with E-state index in [1.54, 1.807) is 0 Å². The van der Waals surface area contributed by atoms with E-state index in [9.17, 15) is 0 Å². The minimum Gasteiger partial charge on any atom is -1.00 e. The van der Waals surface area contributed by atoms with Crippen molar-refractivity contribution in [1.29, 1.82) is 0 Å². The van der Waals surface area contributed by atoms with Gasteiger partial charge in [-0.3, -0.25) is 6.08 Å². The van der Waals surface area contributed by atoms with E-state index in [0.717, 1.165) is 0 Å². The fourth-order valence-corrected chi connectivity index (χ4v) is 10.3. The molecular weight excluding hydrogens is 759 g/mol. The van der Waals surface area contributed by atoms with Crippen molar-refractivity contribution in [3.63, 3.8) is 0 Å². The second-order valence-corrected chi connectivity index (χ2v) is 15.8. The zero-order chi connectivity index (χ0) is 34.5. The molecule has 6 aromatic carbocycles. The fourth-order valence-electron chi connectivity index (χ4n) is 6.80. The molecule has 0 amide bonds. The molecule has 0 fully saturated rings. The third-order valence-electron chi connectivity index (χ3n) is 9.82. The Balaban J connectivity index is 0.000000660. The van der Waals surface area contributed by atoms with Crippen LogP contribution in [0.25, 0.3) is 33.4 Å². The van der Waals surface area contributed by atoms with Crippen molar-refractivity contribution in [3.8, 4) is 33.4 Å². The topological polar surface area (TPSA) is 0 Å². The van der Waals surface area contributed by atoms with Crippen LogP contribution in [0, 0.1) is 32.8 Å². The third kappa shape index (κ3) is 10.6. The Kier molecular flexibility index (Phi) is 18.0. The largest absolute Gasteiger partial charge is 4.00 e. The average Bonchev–Trinajstić information content (AvgIpc) is 3.34. The van der Waals surface area contributed by atoms with E-state index in [4.69, 9.17) is 0 Å². The monoisotopic (exact) mass is 803 g/mol. The summed E-state index contributed by atoms with van der Waals surface area (Å²) >= 11 is 0. The van der Waals surface area contributed by atoms with Gasteiger partial charge in [-0.1, -0.05) is 189 Å². The molecule has 1 radical (unpaired) electrons. The number of benzene rings is 6. The molecular formula is C48H46Cl3SiTi. The van der Waals surface area contributed by atoms with Crippen molar-refractivity contribution >= 4 is 24.4 Å². The van der Waals surface area contributed by atoms with Crippen molar-refractivity contribution in [1.82, 2.24) is 0 Å². The standard InChI is InChI=1S/C39H33Si.C9H13.3ClH.Ti/c1-28-19-22-34(31-13-7-4-8-14-31)37(25-28)40(38-26-29(2)20-23-35(38)32-15-9-5-10-16-32)39-27-30(3)21-24-36(39)33-17-11-6-12-18-33;1-6-5-7(2)9(4)8(6)3;;;;/h4-27H,1-3H3;6H,1-4H3;3*1H;/q;-1;;;;+4/p-3. The molecule has 267 valence electrons. The molecule has 0 spiro atoms. The van der Waals surface area contributed by atoms with E-state index in [-0.39, 0.29) is 58.9 Å². The molecule has 0 aliphatic heterocycles. The maximum atomic E-state index is 3.36. The maximum absolute atomic E-state index is 3.36. The first-order chi connectivity index (χ1) is 23.7. The number of rotatable bonds is 6. The van der Waals surface area contributed by atoms with Crippen molar-refractivity contribution in [2.45, 2.75) is 48.5 Å². The molecule has 6 aromatic rings. The SMILES string of the molecule is CC1=[C-]C(C)C(C)=C1C.Cc1ccc(-c2ccccc2)c([Si](c2cc(C)ccc2-c2ccccc2)c2cc(C)ccc2-c2ccccc2)c1.[Cl-].[Cl-].[Cl-].[Ti+4]. The molecule has 0 aromatic heterocycles. The summed E-state index contributed by atoms with van der Waals surface area (Å²) in [7, 11) is -1.47. The van der Waals surface area contributed by atoms with Crippen LogP contribution in [-0.2, 0) is 21.7 Å². The van der Waals surface area contributed by atoms with Crippen LogP contribution in [-0.4, -0.2) is 8.80 Å². The first-order valence-electron chi connectivity index (χ1n) is 17.4. The number of aryl methyl sites for hydroxylation is 3. The van der Waals surface area contributed by atoms with Crippen LogP contribution in [0.3, 0.4) is 0 Å². The Morgan fingerprint density at radius 3 is 0.962 bits per heavy atom. The van der Waals surface area contributed by atoms with Gasteiger partial charge in [0, 0.05) is 0 Å². The smallest absolute Gasteiger partial charge is 1.00 e. The molecule has 1 atom stereocenters. The molecule has 0 saturated carbocycles. The van der Waals surface area contributed by atoms with E-state index < -0.39 is 8.80 Å².